The molecule has 1 heterocycles. The average molecular weight is 319 g/mol. The number of pyridine rings is 1. The Morgan fingerprint density at radius 2 is 2.00 bits per heavy atom. The van der Waals surface area contributed by atoms with E-state index in [1.54, 1.807) is 30.5 Å². The van der Waals surface area contributed by atoms with E-state index in [9.17, 15) is 13.6 Å². The topological polar surface area (TPSA) is 63.6 Å². The zero-order chi connectivity index (χ0) is 16.7. The van der Waals surface area contributed by atoms with Gasteiger partial charge in [-0.05, 0) is 48.4 Å². The second kappa shape index (κ2) is 7.98. The van der Waals surface area contributed by atoms with Crippen LogP contribution in [0.5, 0.6) is 5.75 Å². The molecule has 0 fully saturated rings. The van der Waals surface area contributed by atoms with Gasteiger partial charge in [0.25, 0.3) is 5.91 Å². The molecule has 0 unspecified atom stereocenters. The van der Waals surface area contributed by atoms with E-state index in [2.05, 4.69) is 20.2 Å². The summed E-state index contributed by atoms with van der Waals surface area (Å²) in [6, 6.07) is 9.35. The standard InChI is InChI=1S/C16H15F2N3O2/c1-2-14(11-5-7-13(8-6-11)23-16(17)18)20-21-15(22)12-4-3-9-19-10-12/h3-10,16H,2H2,1H3,(H,21,22). The van der Waals surface area contributed by atoms with E-state index < -0.39 is 6.61 Å². The molecule has 120 valence electrons. The molecule has 0 aliphatic carbocycles. The molecule has 23 heavy (non-hydrogen) atoms. The fourth-order valence-corrected chi connectivity index (χ4v) is 1.86. The van der Waals surface area contributed by atoms with Gasteiger partial charge in [0.1, 0.15) is 5.75 Å². The van der Waals surface area contributed by atoms with Gasteiger partial charge in [-0.1, -0.05) is 6.92 Å². The molecule has 2 aromatic rings. The summed E-state index contributed by atoms with van der Waals surface area (Å²) in [5.41, 5.74) is 4.17. The van der Waals surface area contributed by atoms with E-state index in [1.165, 1.54) is 18.3 Å². The summed E-state index contributed by atoms with van der Waals surface area (Å²) in [5.74, 6) is -0.305. The lowest BCUT2D eigenvalue weighted by molar-refractivity contribution is -0.0498. The van der Waals surface area contributed by atoms with Crippen LogP contribution in [0.15, 0.2) is 53.9 Å². The van der Waals surface area contributed by atoms with Crippen molar-refractivity contribution in [1.29, 1.82) is 0 Å². The first-order valence-electron chi connectivity index (χ1n) is 6.92. The Kier molecular flexibility index (Phi) is 5.74. The van der Waals surface area contributed by atoms with Crippen molar-refractivity contribution in [3.63, 3.8) is 0 Å². The lowest BCUT2D eigenvalue weighted by Gasteiger charge is -2.07. The molecule has 1 aromatic heterocycles. The van der Waals surface area contributed by atoms with E-state index in [0.29, 0.717) is 23.3 Å². The second-order valence-electron chi connectivity index (χ2n) is 4.50. The van der Waals surface area contributed by atoms with Gasteiger partial charge in [0.05, 0.1) is 11.3 Å². The molecule has 0 aliphatic heterocycles. The maximum atomic E-state index is 12.1. The maximum absolute atomic E-state index is 12.1. The maximum Gasteiger partial charge on any atom is 0.387 e. The normalized spacial score (nSPS) is 11.4. The van der Waals surface area contributed by atoms with Crippen molar-refractivity contribution in [2.24, 2.45) is 5.10 Å². The number of ether oxygens (including phenoxy) is 1. The van der Waals surface area contributed by atoms with Crippen molar-refractivity contribution in [3.8, 4) is 5.75 Å². The number of carbonyl (C=O) groups excluding carboxylic acids is 1. The van der Waals surface area contributed by atoms with Gasteiger partial charge in [-0.15, -0.1) is 0 Å². The van der Waals surface area contributed by atoms with Gasteiger partial charge in [-0.2, -0.15) is 13.9 Å². The van der Waals surface area contributed by atoms with Crippen molar-refractivity contribution in [2.75, 3.05) is 0 Å². The summed E-state index contributed by atoms with van der Waals surface area (Å²) in [7, 11) is 0. The number of amides is 1. The molecule has 0 atom stereocenters. The van der Waals surface area contributed by atoms with Crippen molar-refractivity contribution >= 4 is 11.6 Å². The smallest absolute Gasteiger partial charge is 0.387 e. The summed E-state index contributed by atoms with van der Waals surface area (Å²) < 4.78 is 28.5. The molecule has 0 saturated heterocycles. The average Bonchev–Trinajstić information content (AvgIpc) is 2.57. The lowest BCUT2D eigenvalue weighted by atomic mass is 10.1. The summed E-state index contributed by atoms with van der Waals surface area (Å²) in [6.07, 6.45) is 3.57. The predicted molar refractivity (Wildman–Crippen MR) is 81.6 cm³/mol. The number of hydrogen-bond donors (Lipinski definition) is 1. The Morgan fingerprint density at radius 1 is 1.26 bits per heavy atom. The molecule has 0 radical (unpaired) electrons. The first kappa shape index (κ1) is 16.5. The van der Waals surface area contributed by atoms with Crippen molar-refractivity contribution in [3.05, 3.63) is 59.9 Å². The molecule has 2 rings (SSSR count). The Hall–Kier alpha value is -2.83. The third kappa shape index (κ3) is 4.84. The fourth-order valence-electron chi connectivity index (χ4n) is 1.86. The Morgan fingerprint density at radius 3 is 2.57 bits per heavy atom. The quantitative estimate of drug-likeness (QED) is 0.657. The van der Waals surface area contributed by atoms with Crippen LogP contribution in [-0.4, -0.2) is 23.2 Å². The Labute approximate surface area is 132 Å². The number of carbonyl (C=O) groups is 1. The van der Waals surface area contributed by atoms with Crippen LogP contribution in [0.1, 0.15) is 29.3 Å². The van der Waals surface area contributed by atoms with Gasteiger partial charge in [0.15, 0.2) is 0 Å². The molecule has 0 saturated carbocycles. The highest BCUT2D eigenvalue weighted by molar-refractivity contribution is 6.02. The first-order chi connectivity index (χ1) is 11.1. The highest BCUT2D eigenvalue weighted by Gasteiger charge is 2.08. The number of halogens is 2. The van der Waals surface area contributed by atoms with Crippen LogP contribution < -0.4 is 10.2 Å². The van der Waals surface area contributed by atoms with E-state index >= 15 is 0 Å². The SMILES string of the molecule is CCC(=NNC(=O)c1cccnc1)c1ccc(OC(F)F)cc1. The molecule has 0 spiro atoms. The Bertz CT molecular complexity index is 673. The molecular weight excluding hydrogens is 304 g/mol. The van der Waals surface area contributed by atoms with Gasteiger partial charge in [0, 0.05) is 12.4 Å². The van der Waals surface area contributed by atoms with Gasteiger partial charge in [-0.25, -0.2) is 5.43 Å². The van der Waals surface area contributed by atoms with Gasteiger partial charge in [-0.3, -0.25) is 9.78 Å². The third-order valence-electron chi connectivity index (χ3n) is 2.96. The van der Waals surface area contributed by atoms with Gasteiger partial charge >= 0.3 is 6.61 Å². The second-order valence-corrected chi connectivity index (χ2v) is 4.50. The molecule has 1 N–H and O–H groups in total. The number of hydrogen-bond acceptors (Lipinski definition) is 4. The number of aromatic nitrogens is 1. The van der Waals surface area contributed by atoms with Crippen LogP contribution >= 0.6 is 0 Å². The minimum Gasteiger partial charge on any atom is -0.435 e. The number of rotatable bonds is 6. The zero-order valence-electron chi connectivity index (χ0n) is 12.4. The number of hydrazone groups is 1. The molecule has 0 aliphatic rings. The number of nitrogens with one attached hydrogen (secondary N) is 1. The van der Waals surface area contributed by atoms with E-state index in [4.69, 9.17) is 0 Å². The summed E-state index contributed by atoms with van der Waals surface area (Å²) >= 11 is 0. The molecule has 5 nitrogen and oxygen atoms in total. The lowest BCUT2D eigenvalue weighted by Crippen LogP contribution is -2.20. The fraction of sp³-hybridized carbons (Fsp3) is 0.188. The molecule has 1 aromatic carbocycles. The Balaban J connectivity index is 2.08. The van der Waals surface area contributed by atoms with Crippen molar-refractivity contribution in [1.82, 2.24) is 10.4 Å². The van der Waals surface area contributed by atoms with Gasteiger partial charge in [0.2, 0.25) is 0 Å². The van der Waals surface area contributed by atoms with Crippen LogP contribution in [0.3, 0.4) is 0 Å². The molecule has 1 amide bonds. The highest BCUT2D eigenvalue weighted by Crippen LogP contribution is 2.16. The van der Waals surface area contributed by atoms with Crippen molar-refractivity contribution < 1.29 is 18.3 Å². The van der Waals surface area contributed by atoms with Gasteiger partial charge < -0.3 is 4.74 Å². The molecular formula is C16H15F2N3O2. The highest BCUT2D eigenvalue weighted by atomic mass is 19.3. The first-order valence-corrected chi connectivity index (χ1v) is 6.92. The van der Waals surface area contributed by atoms with Crippen LogP contribution in [0.4, 0.5) is 8.78 Å². The summed E-state index contributed by atoms with van der Waals surface area (Å²) in [5, 5.41) is 4.08. The van der Waals surface area contributed by atoms with E-state index in [-0.39, 0.29) is 11.7 Å². The number of alkyl halides is 2. The monoisotopic (exact) mass is 319 g/mol. The van der Waals surface area contributed by atoms with Crippen LogP contribution in [-0.2, 0) is 0 Å². The minimum absolute atomic E-state index is 0.0681. The summed E-state index contributed by atoms with van der Waals surface area (Å²) in [4.78, 5) is 15.8. The number of benzene rings is 1. The number of nitrogens with zero attached hydrogens (tertiary/aromatic N) is 2. The van der Waals surface area contributed by atoms with E-state index in [0.717, 1.165) is 0 Å². The van der Waals surface area contributed by atoms with Crippen LogP contribution in [0.2, 0.25) is 0 Å². The van der Waals surface area contributed by atoms with Crippen molar-refractivity contribution in [2.45, 2.75) is 20.0 Å². The van der Waals surface area contributed by atoms with E-state index in [1.807, 2.05) is 6.92 Å². The van der Waals surface area contributed by atoms with Crippen LogP contribution in [0, 0.1) is 0 Å². The third-order valence-corrected chi connectivity index (χ3v) is 2.96. The minimum atomic E-state index is -2.86. The zero-order valence-corrected chi connectivity index (χ0v) is 12.4. The molecule has 0 bridgehead atoms. The van der Waals surface area contributed by atoms with Crippen LogP contribution in [0.25, 0.3) is 0 Å². The largest absolute Gasteiger partial charge is 0.435 e. The predicted octanol–water partition coefficient (Wildman–Crippen LogP) is 3.23. The molecule has 7 heteroatoms. The summed E-state index contributed by atoms with van der Waals surface area (Å²) in [6.45, 7) is -0.988.